The Labute approximate surface area is 213 Å². The van der Waals surface area contributed by atoms with Crippen LogP contribution in [-0.4, -0.2) is 22.9 Å². The highest BCUT2D eigenvalue weighted by molar-refractivity contribution is 8.00. The minimum absolute atomic E-state index is 0.0717. The monoisotopic (exact) mass is 496 g/mol. The Morgan fingerprint density at radius 3 is 2.14 bits per heavy atom. The highest BCUT2D eigenvalue weighted by atomic mass is 32.2. The zero-order valence-corrected chi connectivity index (χ0v) is 20.3. The van der Waals surface area contributed by atoms with Crippen LogP contribution in [-0.2, 0) is 4.79 Å². The van der Waals surface area contributed by atoms with E-state index < -0.39 is 17.1 Å². The van der Waals surface area contributed by atoms with Crippen LogP contribution < -0.4 is 10.6 Å². The van der Waals surface area contributed by atoms with Crippen LogP contribution in [0, 0.1) is 6.92 Å². The van der Waals surface area contributed by atoms with Gasteiger partial charge in [0.15, 0.2) is 0 Å². The molecule has 0 saturated carbocycles. The number of benzene rings is 4. The largest absolute Gasteiger partial charge is 0.478 e. The van der Waals surface area contributed by atoms with Gasteiger partial charge in [-0.05, 0) is 54.4 Å². The van der Waals surface area contributed by atoms with Crippen LogP contribution in [0.5, 0.6) is 0 Å². The number of hydrogen-bond donors (Lipinski definition) is 3. The van der Waals surface area contributed by atoms with Crippen molar-refractivity contribution in [2.24, 2.45) is 0 Å². The molecule has 1 atom stereocenters. The summed E-state index contributed by atoms with van der Waals surface area (Å²) in [5.41, 5.74) is 3.06. The van der Waals surface area contributed by atoms with Crippen molar-refractivity contribution in [2.45, 2.75) is 17.1 Å². The lowest BCUT2D eigenvalue weighted by molar-refractivity contribution is -0.115. The van der Waals surface area contributed by atoms with Gasteiger partial charge < -0.3 is 15.7 Å². The molecule has 180 valence electrons. The number of carboxylic acid groups (broad SMARTS) is 1. The maximum Gasteiger partial charge on any atom is 0.336 e. The van der Waals surface area contributed by atoms with Crippen LogP contribution in [0.2, 0.25) is 0 Å². The number of rotatable bonds is 8. The molecule has 3 N–H and O–H groups in total. The number of nitrogens with one attached hydrogen (secondary N) is 2. The van der Waals surface area contributed by atoms with E-state index >= 15 is 0 Å². The number of carbonyl (C=O) groups is 3. The first-order chi connectivity index (χ1) is 17.4. The average Bonchev–Trinajstić information content (AvgIpc) is 2.89. The topological polar surface area (TPSA) is 95.5 Å². The van der Waals surface area contributed by atoms with Crippen molar-refractivity contribution in [1.82, 2.24) is 0 Å². The predicted molar refractivity (Wildman–Crippen MR) is 143 cm³/mol. The molecule has 0 bridgehead atoms. The minimum atomic E-state index is -1.17. The molecule has 2 amide bonds. The first-order valence-corrected chi connectivity index (χ1v) is 12.1. The van der Waals surface area contributed by atoms with E-state index in [-0.39, 0.29) is 17.0 Å². The Balaban J connectivity index is 1.57. The van der Waals surface area contributed by atoms with Gasteiger partial charge in [-0.15, -0.1) is 11.8 Å². The molecule has 0 spiro atoms. The van der Waals surface area contributed by atoms with Crippen LogP contribution in [0.3, 0.4) is 0 Å². The van der Waals surface area contributed by atoms with Gasteiger partial charge in [0.2, 0.25) is 5.91 Å². The van der Waals surface area contributed by atoms with Gasteiger partial charge in [-0.1, -0.05) is 66.7 Å². The lowest BCUT2D eigenvalue weighted by atomic mass is 10.1. The second-order valence-electron chi connectivity index (χ2n) is 8.05. The molecule has 4 rings (SSSR count). The standard InChI is InChI=1S/C29H24N2O4S/c1-19-10-5-8-17-25(19)31-28(33)26(20-11-3-2-4-12-20)36-22-14-9-13-21(18-22)30-27(32)23-15-6-7-16-24(23)29(34)35/h2-18,26H,1H3,(H,30,32)(H,31,33)(H,34,35). The third kappa shape index (κ3) is 6.00. The molecule has 36 heavy (non-hydrogen) atoms. The number of aromatic carboxylic acids is 1. The normalized spacial score (nSPS) is 11.4. The van der Waals surface area contributed by atoms with Crippen molar-refractivity contribution in [1.29, 1.82) is 0 Å². The summed E-state index contributed by atoms with van der Waals surface area (Å²) in [5, 5.41) is 14.6. The molecule has 0 radical (unpaired) electrons. The number of thioether (sulfide) groups is 1. The summed E-state index contributed by atoms with van der Waals surface area (Å²) in [5.74, 6) is -1.85. The van der Waals surface area contributed by atoms with E-state index in [0.717, 1.165) is 21.7 Å². The lowest BCUT2D eigenvalue weighted by Gasteiger charge is -2.18. The molecule has 0 heterocycles. The molecule has 4 aromatic rings. The molecular formula is C29H24N2O4S. The van der Waals surface area contributed by atoms with Crippen LogP contribution in [0.4, 0.5) is 11.4 Å². The Morgan fingerprint density at radius 1 is 0.750 bits per heavy atom. The van der Waals surface area contributed by atoms with Gasteiger partial charge in [0, 0.05) is 16.3 Å². The summed E-state index contributed by atoms with van der Waals surface area (Å²) in [4.78, 5) is 38.4. The van der Waals surface area contributed by atoms with Gasteiger partial charge >= 0.3 is 5.97 Å². The molecule has 4 aromatic carbocycles. The molecule has 0 aromatic heterocycles. The number of hydrogen-bond acceptors (Lipinski definition) is 4. The second-order valence-corrected chi connectivity index (χ2v) is 9.22. The SMILES string of the molecule is Cc1ccccc1NC(=O)C(Sc1cccc(NC(=O)c2ccccc2C(=O)O)c1)c1ccccc1. The third-order valence-electron chi connectivity index (χ3n) is 5.49. The van der Waals surface area contributed by atoms with Gasteiger partial charge in [-0.3, -0.25) is 9.59 Å². The summed E-state index contributed by atoms with van der Waals surface area (Å²) in [6, 6.07) is 30.3. The number of carbonyl (C=O) groups excluding carboxylic acids is 2. The van der Waals surface area contributed by atoms with Crippen molar-refractivity contribution in [3.05, 3.63) is 125 Å². The second kappa shape index (κ2) is 11.4. The van der Waals surface area contributed by atoms with Crippen molar-refractivity contribution < 1.29 is 19.5 Å². The van der Waals surface area contributed by atoms with E-state index in [1.807, 2.05) is 67.6 Å². The van der Waals surface area contributed by atoms with Gasteiger partial charge in [0.05, 0.1) is 11.1 Å². The van der Waals surface area contributed by atoms with E-state index in [9.17, 15) is 19.5 Å². The number of para-hydroxylation sites is 1. The first-order valence-electron chi connectivity index (χ1n) is 11.2. The van der Waals surface area contributed by atoms with Crippen LogP contribution in [0.25, 0.3) is 0 Å². The summed E-state index contributed by atoms with van der Waals surface area (Å²) in [6.07, 6.45) is 0. The van der Waals surface area contributed by atoms with Crippen molar-refractivity contribution >= 4 is 40.9 Å². The minimum Gasteiger partial charge on any atom is -0.478 e. The Hall–Kier alpha value is -4.36. The van der Waals surface area contributed by atoms with E-state index in [0.29, 0.717) is 5.69 Å². The van der Waals surface area contributed by atoms with Gasteiger partial charge in [-0.25, -0.2) is 4.79 Å². The summed E-state index contributed by atoms with van der Waals surface area (Å²) >= 11 is 1.36. The van der Waals surface area contributed by atoms with Crippen molar-refractivity contribution in [3.8, 4) is 0 Å². The quantitative estimate of drug-likeness (QED) is 0.245. The zero-order chi connectivity index (χ0) is 25.5. The average molecular weight is 497 g/mol. The molecule has 0 aliphatic heterocycles. The molecule has 0 fully saturated rings. The van der Waals surface area contributed by atoms with Crippen LogP contribution in [0.15, 0.2) is 108 Å². The van der Waals surface area contributed by atoms with Gasteiger partial charge in [0.25, 0.3) is 5.91 Å². The van der Waals surface area contributed by atoms with Crippen molar-refractivity contribution in [2.75, 3.05) is 10.6 Å². The van der Waals surface area contributed by atoms with Crippen molar-refractivity contribution in [3.63, 3.8) is 0 Å². The summed E-state index contributed by atoms with van der Waals surface area (Å²) in [7, 11) is 0. The van der Waals surface area contributed by atoms with E-state index in [2.05, 4.69) is 10.6 Å². The van der Waals surface area contributed by atoms with E-state index in [4.69, 9.17) is 0 Å². The maximum atomic E-state index is 13.4. The summed E-state index contributed by atoms with van der Waals surface area (Å²) < 4.78 is 0. The lowest BCUT2D eigenvalue weighted by Crippen LogP contribution is -2.19. The summed E-state index contributed by atoms with van der Waals surface area (Å²) in [6.45, 7) is 1.94. The maximum absolute atomic E-state index is 13.4. The molecule has 0 aliphatic carbocycles. The highest BCUT2D eigenvalue weighted by Gasteiger charge is 2.23. The zero-order valence-electron chi connectivity index (χ0n) is 19.5. The molecule has 0 saturated heterocycles. The Kier molecular flexibility index (Phi) is 7.82. The fourth-order valence-electron chi connectivity index (χ4n) is 3.66. The Morgan fingerprint density at radius 2 is 1.42 bits per heavy atom. The van der Waals surface area contributed by atoms with Crippen LogP contribution >= 0.6 is 11.8 Å². The fraction of sp³-hybridized carbons (Fsp3) is 0.0690. The highest BCUT2D eigenvalue weighted by Crippen LogP contribution is 2.37. The molecule has 0 aliphatic rings. The molecule has 7 heteroatoms. The third-order valence-corrected chi connectivity index (χ3v) is 6.74. The molecular weight excluding hydrogens is 472 g/mol. The van der Waals surface area contributed by atoms with E-state index in [1.165, 1.54) is 23.9 Å². The predicted octanol–water partition coefficient (Wildman–Crippen LogP) is 6.42. The number of carboxylic acids is 1. The number of aryl methyl sites for hydroxylation is 1. The van der Waals surface area contributed by atoms with Gasteiger partial charge in [-0.2, -0.15) is 0 Å². The Bertz CT molecular complexity index is 1410. The first kappa shape index (κ1) is 24.8. The fourth-order valence-corrected chi connectivity index (χ4v) is 4.74. The van der Waals surface area contributed by atoms with Gasteiger partial charge in [0.1, 0.15) is 5.25 Å². The number of anilines is 2. The molecule has 1 unspecified atom stereocenters. The smallest absolute Gasteiger partial charge is 0.336 e. The van der Waals surface area contributed by atoms with Crippen LogP contribution in [0.1, 0.15) is 37.1 Å². The number of amides is 2. The van der Waals surface area contributed by atoms with E-state index in [1.54, 1.807) is 30.3 Å². The molecule has 6 nitrogen and oxygen atoms in total.